The third kappa shape index (κ3) is 6.31. The molecule has 0 radical (unpaired) electrons. The van der Waals surface area contributed by atoms with Gasteiger partial charge in [-0.15, -0.1) is 0 Å². The lowest BCUT2D eigenvalue weighted by atomic mass is 10.2. The minimum atomic E-state index is -0.946. The van der Waals surface area contributed by atoms with Crippen LogP contribution >= 0.6 is 0 Å². The zero-order valence-corrected chi connectivity index (χ0v) is 13.0. The number of nitrogens with zero attached hydrogens (tertiary/aromatic N) is 1. The van der Waals surface area contributed by atoms with Crippen molar-refractivity contribution in [1.29, 1.82) is 0 Å². The lowest BCUT2D eigenvalue weighted by Gasteiger charge is -2.30. The van der Waals surface area contributed by atoms with Crippen molar-refractivity contribution in [3.63, 3.8) is 0 Å². The number of ether oxygens (including phenoxy) is 2. The fourth-order valence-electron chi connectivity index (χ4n) is 2.25. The van der Waals surface area contributed by atoms with E-state index in [-0.39, 0.29) is 25.0 Å². The Morgan fingerprint density at radius 2 is 2.05 bits per heavy atom. The molecular weight excluding hydrogens is 276 g/mol. The first-order valence-corrected chi connectivity index (χ1v) is 7.27. The van der Waals surface area contributed by atoms with Gasteiger partial charge in [-0.1, -0.05) is 0 Å². The molecule has 0 aliphatic heterocycles. The van der Waals surface area contributed by atoms with Crippen LogP contribution in [0.5, 0.6) is 0 Å². The first kappa shape index (κ1) is 17.7. The van der Waals surface area contributed by atoms with Gasteiger partial charge >= 0.3 is 12.0 Å². The van der Waals surface area contributed by atoms with Crippen LogP contribution in [0.3, 0.4) is 0 Å². The first-order chi connectivity index (χ1) is 9.99. The van der Waals surface area contributed by atoms with Gasteiger partial charge in [0, 0.05) is 33.4 Å². The molecule has 21 heavy (non-hydrogen) atoms. The standard InChI is InChI=1S/C14H26N2O5/c1-10(11-4-5-11)16(6-7-20-2)14(19)15-9-12(21-3)8-13(17)18/h10-12H,4-9H2,1-3H3,(H,15,19)(H,17,18). The molecule has 0 heterocycles. The Morgan fingerprint density at radius 1 is 1.38 bits per heavy atom. The number of amides is 2. The number of hydrogen-bond donors (Lipinski definition) is 2. The quantitative estimate of drug-likeness (QED) is 0.627. The molecule has 2 amide bonds. The number of nitrogens with one attached hydrogen (secondary N) is 1. The smallest absolute Gasteiger partial charge is 0.317 e. The van der Waals surface area contributed by atoms with Gasteiger partial charge in [-0.05, 0) is 25.7 Å². The van der Waals surface area contributed by atoms with E-state index >= 15 is 0 Å². The van der Waals surface area contributed by atoms with Gasteiger partial charge in [0.2, 0.25) is 0 Å². The zero-order chi connectivity index (χ0) is 15.8. The van der Waals surface area contributed by atoms with Gasteiger partial charge < -0.3 is 24.8 Å². The Balaban J connectivity index is 2.48. The summed E-state index contributed by atoms with van der Waals surface area (Å²) in [6, 6.07) is -0.0282. The van der Waals surface area contributed by atoms with Crippen molar-refractivity contribution in [2.45, 2.75) is 38.3 Å². The maximum absolute atomic E-state index is 12.3. The van der Waals surface area contributed by atoms with E-state index in [1.165, 1.54) is 7.11 Å². The van der Waals surface area contributed by atoms with Gasteiger partial charge in [-0.2, -0.15) is 0 Å². The number of aliphatic carboxylic acids is 1. The van der Waals surface area contributed by atoms with Crippen LogP contribution in [0.4, 0.5) is 4.79 Å². The van der Waals surface area contributed by atoms with Crippen molar-refractivity contribution in [1.82, 2.24) is 10.2 Å². The second-order valence-corrected chi connectivity index (χ2v) is 5.41. The summed E-state index contributed by atoms with van der Waals surface area (Å²) in [5, 5.41) is 11.5. The van der Waals surface area contributed by atoms with Gasteiger partial charge in [0.1, 0.15) is 0 Å². The monoisotopic (exact) mass is 302 g/mol. The molecular formula is C14H26N2O5. The maximum Gasteiger partial charge on any atom is 0.317 e. The average molecular weight is 302 g/mol. The Hall–Kier alpha value is -1.34. The summed E-state index contributed by atoms with van der Waals surface area (Å²) in [4.78, 5) is 24.7. The fourth-order valence-corrected chi connectivity index (χ4v) is 2.25. The molecule has 1 fully saturated rings. The fraction of sp³-hybridized carbons (Fsp3) is 0.857. The molecule has 0 aromatic carbocycles. The molecule has 122 valence electrons. The van der Waals surface area contributed by atoms with E-state index in [0.717, 1.165) is 12.8 Å². The largest absolute Gasteiger partial charge is 0.481 e. The third-order valence-corrected chi connectivity index (χ3v) is 3.81. The van der Waals surface area contributed by atoms with E-state index in [1.54, 1.807) is 12.0 Å². The van der Waals surface area contributed by atoms with Crippen LogP contribution in [0.1, 0.15) is 26.2 Å². The number of urea groups is 1. The molecule has 7 nitrogen and oxygen atoms in total. The van der Waals surface area contributed by atoms with E-state index in [2.05, 4.69) is 5.32 Å². The van der Waals surface area contributed by atoms with Crippen LogP contribution in [0, 0.1) is 5.92 Å². The minimum Gasteiger partial charge on any atom is -0.481 e. The maximum atomic E-state index is 12.3. The summed E-state index contributed by atoms with van der Waals surface area (Å²) in [5.41, 5.74) is 0. The molecule has 0 aromatic rings. The summed E-state index contributed by atoms with van der Waals surface area (Å²) >= 11 is 0. The molecule has 1 rings (SSSR count). The van der Waals surface area contributed by atoms with Gasteiger partial charge in [-0.25, -0.2) is 4.79 Å². The van der Waals surface area contributed by atoms with Crippen LogP contribution < -0.4 is 5.32 Å². The summed E-state index contributed by atoms with van der Waals surface area (Å²) in [5.74, 6) is -0.386. The molecule has 1 saturated carbocycles. The minimum absolute atomic E-state index is 0.132. The molecule has 0 spiro atoms. The second kappa shape index (κ2) is 8.84. The second-order valence-electron chi connectivity index (χ2n) is 5.41. The lowest BCUT2D eigenvalue weighted by molar-refractivity contribution is -0.139. The summed E-state index contributed by atoms with van der Waals surface area (Å²) in [6.07, 6.45) is 1.65. The normalized spacial score (nSPS) is 17.1. The molecule has 2 atom stereocenters. The number of rotatable bonds is 10. The van der Waals surface area contributed by atoms with E-state index in [1.807, 2.05) is 6.92 Å². The van der Waals surface area contributed by atoms with Gasteiger partial charge in [0.25, 0.3) is 0 Å². The van der Waals surface area contributed by atoms with Crippen LogP contribution in [-0.4, -0.2) is 68.1 Å². The number of carboxylic acid groups (broad SMARTS) is 1. The van der Waals surface area contributed by atoms with Crippen molar-refractivity contribution in [3.05, 3.63) is 0 Å². The van der Waals surface area contributed by atoms with Crippen molar-refractivity contribution >= 4 is 12.0 Å². The average Bonchev–Trinajstić information content (AvgIpc) is 3.27. The summed E-state index contributed by atoms with van der Waals surface area (Å²) in [7, 11) is 3.04. The van der Waals surface area contributed by atoms with E-state index < -0.39 is 12.1 Å². The van der Waals surface area contributed by atoms with Gasteiger partial charge in [0.05, 0.1) is 19.1 Å². The van der Waals surface area contributed by atoms with Gasteiger partial charge in [0.15, 0.2) is 0 Å². The van der Waals surface area contributed by atoms with Crippen LogP contribution in [0.15, 0.2) is 0 Å². The highest BCUT2D eigenvalue weighted by Crippen LogP contribution is 2.35. The molecule has 0 saturated heterocycles. The van der Waals surface area contributed by atoms with Crippen molar-refractivity contribution in [2.24, 2.45) is 5.92 Å². The molecule has 1 aliphatic rings. The Labute approximate surface area is 125 Å². The lowest BCUT2D eigenvalue weighted by Crippen LogP contribution is -2.49. The summed E-state index contributed by atoms with van der Waals surface area (Å²) in [6.45, 7) is 3.23. The van der Waals surface area contributed by atoms with Crippen LogP contribution in [0.25, 0.3) is 0 Å². The Kier molecular flexibility index (Phi) is 7.45. The number of carbonyl (C=O) groups is 2. The number of carboxylic acids is 1. The van der Waals surface area contributed by atoms with Crippen molar-refractivity contribution < 1.29 is 24.2 Å². The predicted molar refractivity (Wildman–Crippen MR) is 77.2 cm³/mol. The third-order valence-electron chi connectivity index (χ3n) is 3.81. The molecule has 7 heteroatoms. The topological polar surface area (TPSA) is 88.1 Å². The SMILES string of the molecule is COCCN(C(=O)NCC(CC(=O)O)OC)C(C)C1CC1. The summed E-state index contributed by atoms with van der Waals surface area (Å²) < 4.78 is 10.1. The van der Waals surface area contributed by atoms with E-state index in [9.17, 15) is 9.59 Å². The molecule has 0 aromatic heterocycles. The molecule has 2 unspecified atom stereocenters. The highest BCUT2D eigenvalue weighted by molar-refractivity contribution is 5.75. The zero-order valence-electron chi connectivity index (χ0n) is 13.0. The highest BCUT2D eigenvalue weighted by atomic mass is 16.5. The molecule has 1 aliphatic carbocycles. The number of carbonyl (C=O) groups excluding carboxylic acids is 1. The van der Waals surface area contributed by atoms with Crippen molar-refractivity contribution in [2.75, 3.05) is 33.9 Å². The number of methoxy groups -OCH3 is 2. The van der Waals surface area contributed by atoms with Crippen molar-refractivity contribution in [3.8, 4) is 0 Å². The highest BCUT2D eigenvalue weighted by Gasteiger charge is 2.34. The van der Waals surface area contributed by atoms with Crippen LogP contribution in [0.2, 0.25) is 0 Å². The molecule has 2 N–H and O–H groups in total. The van der Waals surface area contributed by atoms with E-state index in [4.69, 9.17) is 14.6 Å². The van der Waals surface area contributed by atoms with E-state index in [0.29, 0.717) is 19.1 Å². The first-order valence-electron chi connectivity index (χ1n) is 7.27. The number of hydrogen-bond acceptors (Lipinski definition) is 4. The Morgan fingerprint density at radius 3 is 2.52 bits per heavy atom. The molecule has 0 bridgehead atoms. The Bertz CT molecular complexity index is 346. The van der Waals surface area contributed by atoms with Gasteiger partial charge in [-0.3, -0.25) is 4.79 Å². The predicted octanol–water partition coefficient (Wildman–Crippen LogP) is 0.933. The van der Waals surface area contributed by atoms with Crippen LogP contribution in [-0.2, 0) is 14.3 Å².